The van der Waals surface area contributed by atoms with Crippen LogP contribution in [0.4, 0.5) is 0 Å². The molecule has 0 aromatic heterocycles. The summed E-state index contributed by atoms with van der Waals surface area (Å²) < 4.78 is 14.5. The molecule has 7 heteroatoms. The first-order valence-electron chi connectivity index (χ1n) is 2.92. The molecule has 0 aromatic carbocycles. The zero-order valence-corrected chi connectivity index (χ0v) is 7.76. The van der Waals surface area contributed by atoms with Crippen molar-refractivity contribution >= 4 is 20.5 Å². The summed E-state index contributed by atoms with van der Waals surface area (Å²) in [6, 6.07) is 0. The number of aliphatic hydroxyl groups is 1. The van der Waals surface area contributed by atoms with Gasteiger partial charge >= 0.3 is 7.82 Å². The molecule has 1 unspecified atom stereocenters. The molecule has 0 aliphatic carbocycles. The minimum Gasteiger partial charge on any atom is -0.392 e. The summed E-state index contributed by atoms with van der Waals surface area (Å²) in [6.45, 7) is 1.05. The SMILES string of the molecule is CCC(S)(CO)OP(=O)(O)O. The van der Waals surface area contributed by atoms with Crippen LogP contribution in [0.2, 0.25) is 0 Å². The molecule has 0 aliphatic heterocycles. The molecule has 0 aliphatic rings. The Balaban J connectivity index is 4.20. The molecule has 0 fully saturated rings. The van der Waals surface area contributed by atoms with Gasteiger partial charge in [0.2, 0.25) is 0 Å². The topological polar surface area (TPSA) is 87.0 Å². The third-order valence-corrected chi connectivity index (χ3v) is 2.37. The molecule has 0 radical (unpaired) electrons. The maximum atomic E-state index is 10.3. The van der Waals surface area contributed by atoms with Crippen molar-refractivity contribution in [1.29, 1.82) is 0 Å². The number of aliphatic hydroxyl groups excluding tert-OH is 1. The van der Waals surface area contributed by atoms with Gasteiger partial charge in [-0.15, -0.1) is 12.6 Å². The molecule has 0 amide bonds. The summed E-state index contributed by atoms with van der Waals surface area (Å²) >= 11 is 3.75. The zero-order chi connectivity index (χ0) is 9.12. The lowest BCUT2D eigenvalue weighted by atomic mass is 10.3. The third-order valence-electron chi connectivity index (χ3n) is 1.09. The second-order valence-corrected chi connectivity index (χ2v) is 4.02. The molecule has 68 valence electrons. The van der Waals surface area contributed by atoms with Gasteiger partial charge in [0, 0.05) is 0 Å². The highest BCUT2D eigenvalue weighted by molar-refractivity contribution is 7.81. The van der Waals surface area contributed by atoms with E-state index in [-0.39, 0.29) is 6.42 Å². The molecule has 0 heterocycles. The Morgan fingerprint density at radius 1 is 1.64 bits per heavy atom. The Morgan fingerprint density at radius 3 is 2.18 bits per heavy atom. The molecule has 0 spiro atoms. The number of hydrogen-bond acceptors (Lipinski definition) is 4. The van der Waals surface area contributed by atoms with Crippen molar-refractivity contribution in [3.8, 4) is 0 Å². The smallest absolute Gasteiger partial charge is 0.392 e. The largest absolute Gasteiger partial charge is 0.471 e. The Labute approximate surface area is 70.0 Å². The van der Waals surface area contributed by atoms with Gasteiger partial charge in [0.05, 0.1) is 6.61 Å². The highest BCUT2D eigenvalue weighted by Crippen LogP contribution is 2.43. The highest BCUT2D eigenvalue weighted by Gasteiger charge is 2.32. The van der Waals surface area contributed by atoms with E-state index in [1.807, 2.05) is 0 Å². The number of phosphoric ester groups is 1. The minimum atomic E-state index is -4.56. The Morgan fingerprint density at radius 2 is 2.09 bits per heavy atom. The number of phosphoric acid groups is 1. The molecule has 11 heavy (non-hydrogen) atoms. The van der Waals surface area contributed by atoms with Gasteiger partial charge in [-0.3, -0.25) is 4.52 Å². The quantitative estimate of drug-likeness (QED) is 0.295. The lowest BCUT2D eigenvalue weighted by molar-refractivity contribution is 0.0542. The first kappa shape index (κ1) is 11.4. The summed E-state index contributed by atoms with van der Waals surface area (Å²) in [4.78, 5) is 15.2. The average molecular weight is 202 g/mol. The maximum absolute atomic E-state index is 10.3. The molecule has 5 nitrogen and oxygen atoms in total. The van der Waals surface area contributed by atoms with E-state index in [4.69, 9.17) is 14.9 Å². The van der Waals surface area contributed by atoms with Crippen LogP contribution in [0.3, 0.4) is 0 Å². The molecule has 0 saturated carbocycles. The second kappa shape index (κ2) is 3.89. The number of thiol groups is 1. The van der Waals surface area contributed by atoms with Crippen LogP contribution in [0, 0.1) is 0 Å². The summed E-state index contributed by atoms with van der Waals surface area (Å²) in [5, 5.41) is 8.60. The van der Waals surface area contributed by atoms with Crippen molar-refractivity contribution < 1.29 is 24.0 Å². The van der Waals surface area contributed by atoms with E-state index in [0.29, 0.717) is 0 Å². The monoisotopic (exact) mass is 202 g/mol. The number of hydrogen-bond donors (Lipinski definition) is 4. The van der Waals surface area contributed by atoms with Gasteiger partial charge in [0.25, 0.3) is 0 Å². The van der Waals surface area contributed by atoms with E-state index < -0.39 is 19.4 Å². The summed E-state index contributed by atoms with van der Waals surface area (Å²) in [5.41, 5.74) is 0. The van der Waals surface area contributed by atoms with Crippen molar-refractivity contribution in [1.82, 2.24) is 0 Å². The van der Waals surface area contributed by atoms with Crippen molar-refractivity contribution in [2.75, 3.05) is 6.61 Å². The van der Waals surface area contributed by atoms with Crippen molar-refractivity contribution in [3.63, 3.8) is 0 Å². The lowest BCUT2D eigenvalue weighted by Crippen LogP contribution is -2.28. The third kappa shape index (κ3) is 4.79. The molecular formula is C4H11O5PS. The fourth-order valence-corrected chi connectivity index (χ4v) is 1.38. The Hall–Kier alpha value is 0.420. The fraction of sp³-hybridized carbons (Fsp3) is 1.00. The van der Waals surface area contributed by atoms with Crippen LogP contribution in [-0.4, -0.2) is 26.4 Å². The van der Waals surface area contributed by atoms with Crippen LogP contribution in [0.15, 0.2) is 0 Å². The van der Waals surface area contributed by atoms with Gasteiger partial charge < -0.3 is 14.9 Å². The van der Waals surface area contributed by atoms with Gasteiger partial charge in [-0.1, -0.05) is 6.92 Å². The van der Waals surface area contributed by atoms with Crippen molar-refractivity contribution in [2.45, 2.75) is 18.3 Å². The van der Waals surface area contributed by atoms with Crippen LogP contribution in [0.1, 0.15) is 13.3 Å². The highest BCUT2D eigenvalue weighted by atomic mass is 32.1. The van der Waals surface area contributed by atoms with Crippen LogP contribution in [0.5, 0.6) is 0 Å². The molecular weight excluding hydrogens is 191 g/mol. The predicted molar refractivity (Wildman–Crippen MR) is 42.2 cm³/mol. The maximum Gasteiger partial charge on any atom is 0.471 e. The first-order chi connectivity index (χ1) is 4.83. The molecule has 1 atom stereocenters. The Bertz CT molecular complexity index is 162. The summed E-state index contributed by atoms with van der Waals surface area (Å²) in [6.07, 6.45) is 0.206. The van der Waals surface area contributed by atoms with Crippen LogP contribution >= 0.6 is 20.5 Å². The van der Waals surface area contributed by atoms with E-state index in [9.17, 15) is 4.57 Å². The average Bonchev–Trinajstić information content (AvgIpc) is 1.84. The molecule has 0 aromatic rings. The Kier molecular flexibility index (Phi) is 4.04. The molecule has 0 saturated heterocycles. The van der Waals surface area contributed by atoms with Gasteiger partial charge in [0.1, 0.15) is 4.93 Å². The van der Waals surface area contributed by atoms with Crippen LogP contribution < -0.4 is 0 Å². The van der Waals surface area contributed by atoms with Gasteiger partial charge in [-0.05, 0) is 6.42 Å². The van der Waals surface area contributed by atoms with Crippen molar-refractivity contribution in [3.05, 3.63) is 0 Å². The fourth-order valence-electron chi connectivity index (χ4n) is 0.427. The van der Waals surface area contributed by atoms with Gasteiger partial charge in [0.15, 0.2) is 0 Å². The number of rotatable bonds is 4. The lowest BCUT2D eigenvalue weighted by Gasteiger charge is -2.24. The summed E-state index contributed by atoms with van der Waals surface area (Å²) in [7, 11) is -4.56. The minimum absolute atomic E-state index is 0.206. The van der Waals surface area contributed by atoms with E-state index in [1.54, 1.807) is 6.92 Å². The van der Waals surface area contributed by atoms with E-state index >= 15 is 0 Å². The van der Waals surface area contributed by atoms with Crippen LogP contribution in [0.25, 0.3) is 0 Å². The standard InChI is InChI=1S/C4H11O5PS/c1-2-4(11,3-5)9-10(6,7)8/h5,11H,2-3H2,1H3,(H2,6,7,8). The van der Waals surface area contributed by atoms with Crippen molar-refractivity contribution in [2.24, 2.45) is 0 Å². The predicted octanol–water partition coefficient (Wildman–Crippen LogP) is 0.124. The van der Waals surface area contributed by atoms with E-state index in [1.165, 1.54) is 0 Å². The first-order valence-corrected chi connectivity index (χ1v) is 4.90. The summed E-state index contributed by atoms with van der Waals surface area (Å²) in [5.74, 6) is 0. The van der Waals surface area contributed by atoms with Crippen LogP contribution in [-0.2, 0) is 9.09 Å². The van der Waals surface area contributed by atoms with E-state index in [0.717, 1.165) is 0 Å². The molecule has 3 N–H and O–H groups in total. The van der Waals surface area contributed by atoms with Gasteiger partial charge in [-0.2, -0.15) is 0 Å². The van der Waals surface area contributed by atoms with E-state index in [2.05, 4.69) is 17.2 Å². The second-order valence-electron chi connectivity index (χ2n) is 2.04. The molecule has 0 bridgehead atoms. The molecule has 0 rings (SSSR count). The zero-order valence-electron chi connectivity index (χ0n) is 5.97. The van der Waals surface area contributed by atoms with Gasteiger partial charge in [-0.25, -0.2) is 4.57 Å². The normalized spacial score (nSPS) is 17.9.